The van der Waals surface area contributed by atoms with E-state index >= 15 is 0 Å². The van der Waals surface area contributed by atoms with Gasteiger partial charge in [-0.2, -0.15) is 0 Å². The number of hydrogen-bond donors (Lipinski definition) is 2. The van der Waals surface area contributed by atoms with Gasteiger partial charge in [0.15, 0.2) is 0 Å². The fraction of sp³-hybridized carbons (Fsp3) is 0.769. The molecule has 0 radical (unpaired) electrons. The summed E-state index contributed by atoms with van der Waals surface area (Å²) in [7, 11) is 0. The average molecular weight is 266 g/mol. The normalized spacial score (nSPS) is 24.6. The van der Waals surface area contributed by atoms with Gasteiger partial charge in [0.2, 0.25) is 5.82 Å². The Hall–Kier alpha value is -1.43. The Labute approximate surface area is 113 Å². The number of amides is 1. The lowest BCUT2D eigenvalue weighted by Crippen LogP contribution is -2.46. The van der Waals surface area contributed by atoms with Crippen LogP contribution in [0.25, 0.3) is 0 Å². The van der Waals surface area contributed by atoms with Crippen molar-refractivity contribution in [1.29, 1.82) is 0 Å². The molecule has 1 saturated heterocycles. The van der Waals surface area contributed by atoms with Crippen molar-refractivity contribution in [2.45, 2.75) is 45.6 Å². The summed E-state index contributed by atoms with van der Waals surface area (Å²) in [5.41, 5.74) is -0.165. The van der Waals surface area contributed by atoms with Crippen molar-refractivity contribution >= 4 is 5.91 Å². The first kappa shape index (κ1) is 14.0. The maximum atomic E-state index is 12.3. The Bertz CT molecular complexity index is 463. The third kappa shape index (κ3) is 2.94. The zero-order valence-electron chi connectivity index (χ0n) is 12.0. The number of nitrogens with zero attached hydrogens (tertiary/aromatic N) is 3. The monoisotopic (exact) mass is 266 g/mol. The van der Waals surface area contributed by atoms with Crippen molar-refractivity contribution in [1.82, 2.24) is 20.1 Å². The van der Waals surface area contributed by atoms with Gasteiger partial charge >= 0.3 is 0 Å². The van der Waals surface area contributed by atoms with E-state index in [0.29, 0.717) is 18.9 Å². The quantitative estimate of drug-likeness (QED) is 0.792. The van der Waals surface area contributed by atoms with Crippen molar-refractivity contribution in [3.63, 3.8) is 0 Å². The Balaban J connectivity index is 2.10. The molecule has 1 aliphatic heterocycles. The molecule has 2 unspecified atom stereocenters. The molecule has 0 aromatic carbocycles. The first-order chi connectivity index (χ1) is 8.79. The van der Waals surface area contributed by atoms with E-state index in [4.69, 9.17) is 0 Å². The minimum atomic E-state index is -0.460. The highest BCUT2D eigenvalue weighted by Crippen LogP contribution is 2.20. The zero-order chi connectivity index (χ0) is 14.2. The number of β-amino-alcohol motifs (C(OH)–C–C–N with tert-alkyl or cyclic N) is 1. The molecule has 0 saturated carbocycles. The minimum Gasteiger partial charge on any atom is -0.391 e. The zero-order valence-corrected chi connectivity index (χ0v) is 12.0. The highest BCUT2D eigenvalue weighted by atomic mass is 16.3. The van der Waals surface area contributed by atoms with E-state index < -0.39 is 6.10 Å². The number of hydrogen-bond acceptors (Lipinski definition) is 4. The molecule has 1 amide bonds. The minimum absolute atomic E-state index is 0.165. The second-order valence-corrected chi connectivity index (χ2v) is 6.34. The molecule has 1 aromatic heterocycles. The van der Waals surface area contributed by atoms with E-state index in [1.165, 1.54) is 0 Å². The Morgan fingerprint density at radius 2 is 2.16 bits per heavy atom. The first-order valence-corrected chi connectivity index (χ1v) is 6.69. The lowest BCUT2D eigenvalue weighted by molar-refractivity contribution is 0.0241. The van der Waals surface area contributed by atoms with E-state index in [9.17, 15) is 9.90 Å². The summed E-state index contributed by atoms with van der Waals surface area (Å²) in [6.45, 7) is 9.03. The number of aromatic nitrogens is 3. The van der Waals surface area contributed by atoms with Gasteiger partial charge in [0.1, 0.15) is 5.82 Å². The molecule has 2 heterocycles. The van der Waals surface area contributed by atoms with Crippen LogP contribution in [-0.4, -0.2) is 50.3 Å². The van der Waals surface area contributed by atoms with Crippen LogP contribution >= 0.6 is 0 Å². The van der Waals surface area contributed by atoms with E-state index in [2.05, 4.69) is 15.2 Å². The number of nitrogens with one attached hydrogen (secondary N) is 1. The van der Waals surface area contributed by atoms with Gasteiger partial charge < -0.3 is 10.0 Å². The van der Waals surface area contributed by atoms with Crippen molar-refractivity contribution in [2.75, 3.05) is 13.1 Å². The van der Waals surface area contributed by atoms with Crippen LogP contribution in [0.5, 0.6) is 0 Å². The Morgan fingerprint density at radius 1 is 1.47 bits per heavy atom. The molecule has 6 nitrogen and oxygen atoms in total. The standard InChI is InChI=1S/C13H22N4O2/c1-8-5-6-17(7-9(8)18)11(19)10-14-12(16-15-10)13(2,3)4/h8-9,18H,5-7H2,1-4H3,(H,14,15,16). The molecular formula is C13H22N4O2. The SMILES string of the molecule is CC1CCN(C(=O)c2n[nH]c(C(C)(C)C)n2)CC1O. The molecule has 1 aromatic rings. The summed E-state index contributed by atoms with van der Waals surface area (Å²) in [4.78, 5) is 18.1. The van der Waals surface area contributed by atoms with Crippen LogP contribution in [0.2, 0.25) is 0 Å². The third-order valence-electron chi connectivity index (χ3n) is 3.59. The van der Waals surface area contributed by atoms with Crippen molar-refractivity contribution in [3.8, 4) is 0 Å². The molecule has 19 heavy (non-hydrogen) atoms. The van der Waals surface area contributed by atoms with Crippen LogP contribution in [0.15, 0.2) is 0 Å². The van der Waals surface area contributed by atoms with Gasteiger partial charge in [0, 0.05) is 18.5 Å². The number of H-pyrrole nitrogens is 1. The van der Waals surface area contributed by atoms with Gasteiger partial charge in [-0.15, -0.1) is 5.10 Å². The number of aliphatic hydroxyl groups excluding tert-OH is 1. The molecule has 0 spiro atoms. The van der Waals surface area contributed by atoms with Crippen molar-refractivity contribution < 1.29 is 9.90 Å². The Kier molecular flexibility index (Phi) is 3.62. The van der Waals surface area contributed by atoms with Crippen LogP contribution < -0.4 is 0 Å². The largest absolute Gasteiger partial charge is 0.391 e. The topological polar surface area (TPSA) is 82.1 Å². The van der Waals surface area contributed by atoms with E-state index in [1.54, 1.807) is 4.90 Å². The molecule has 2 atom stereocenters. The van der Waals surface area contributed by atoms with Crippen LogP contribution in [0.4, 0.5) is 0 Å². The van der Waals surface area contributed by atoms with Crippen LogP contribution in [0.3, 0.4) is 0 Å². The first-order valence-electron chi connectivity index (χ1n) is 6.69. The van der Waals surface area contributed by atoms with E-state index in [0.717, 1.165) is 6.42 Å². The summed E-state index contributed by atoms with van der Waals surface area (Å²) in [5.74, 6) is 0.910. The van der Waals surface area contributed by atoms with Crippen LogP contribution in [-0.2, 0) is 5.41 Å². The molecule has 106 valence electrons. The maximum Gasteiger partial charge on any atom is 0.293 e. The predicted octanol–water partition coefficient (Wildman–Crippen LogP) is 0.945. The Morgan fingerprint density at radius 3 is 2.68 bits per heavy atom. The lowest BCUT2D eigenvalue weighted by atomic mass is 9.96. The van der Waals surface area contributed by atoms with Gasteiger partial charge in [0.05, 0.1) is 6.10 Å². The summed E-state index contributed by atoms with van der Waals surface area (Å²) in [6.07, 6.45) is 0.349. The number of aliphatic hydroxyl groups is 1. The van der Waals surface area contributed by atoms with E-state index in [1.807, 2.05) is 27.7 Å². The van der Waals surface area contributed by atoms with Gasteiger partial charge in [0.25, 0.3) is 5.91 Å². The highest BCUT2D eigenvalue weighted by molar-refractivity contribution is 5.90. The second kappa shape index (κ2) is 4.92. The summed E-state index contributed by atoms with van der Waals surface area (Å²) < 4.78 is 0. The lowest BCUT2D eigenvalue weighted by Gasteiger charge is -2.33. The molecule has 1 aliphatic rings. The van der Waals surface area contributed by atoms with Crippen LogP contribution in [0, 0.1) is 5.92 Å². The number of rotatable bonds is 1. The van der Waals surface area contributed by atoms with Crippen molar-refractivity contribution in [2.24, 2.45) is 5.92 Å². The molecule has 0 bridgehead atoms. The van der Waals surface area contributed by atoms with E-state index in [-0.39, 0.29) is 23.1 Å². The predicted molar refractivity (Wildman–Crippen MR) is 70.8 cm³/mol. The van der Waals surface area contributed by atoms with Gasteiger partial charge in [-0.05, 0) is 12.3 Å². The average Bonchev–Trinajstić information content (AvgIpc) is 2.81. The third-order valence-corrected chi connectivity index (χ3v) is 3.59. The van der Waals surface area contributed by atoms with Gasteiger partial charge in [-0.3, -0.25) is 9.89 Å². The number of piperidine rings is 1. The molecule has 2 rings (SSSR count). The van der Waals surface area contributed by atoms with Gasteiger partial charge in [-0.1, -0.05) is 27.7 Å². The smallest absolute Gasteiger partial charge is 0.293 e. The summed E-state index contributed by atoms with van der Waals surface area (Å²) in [6, 6.07) is 0. The van der Waals surface area contributed by atoms with Crippen molar-refractivity contribution in [3.05, 3.63) is 11.6 Å². The van der Waals surface area contributed by atoms with Gasteiger partial charge in [-0.25, -0.2) is 4.98 Å². The molecule has 1 fully saturated rings. The molecule has 2 N–H and O–H groups in total. The number of carbonyl (C=O) groups excluding carboxylic acids is 1. The molecular weight excluding hydrogens is 244 g/mol. The summed E-state index contributed by atoms with van der Waals surface area (Å²) >= 11 is 0. The number of likely N-dealkylation sites (tertiary alicyclic amines) is 1. The number of aromatic amines is 1. The van der Waals surface area contributed by atoms with Crippen LogP contribution in [0.1, 0.15) is 50.6 Å². The second-order valence-electron chi connectivity index (χ2n) is 6.34. The maximum absolute atomic E-state index is 12.3. The number of carbonyl (C=O) groups is 1. The summed E-state index contributed by atoms with van der Waals surface area (Å²) in [5, 5.41) is 16.6. The fourth-order valence-corrected chi connectivity index (χ4v) is 2.07. The highest BCUT2D eigenvalue weighted by Gasteiger charge is 2.30. The molecule has 6 heteroatoms. The molecule has 0 aliphatic carbocycles. The fourth-order valence-electron chi connectivity index (χ4n) is 2.07.